The Kier molecular flexibility index (Phi) is 10.7. The van der Waals surface area contributed by atoms with Crippen LogP contribution < -0.4 is 9.62 Å². The molecular weight excluding hydrogens is 541 g/mol. The zero-order valence-corrected chi connectivity index (χ0v) is 25.5. The van der Waals surface area contributed by atoms with Crippen molar-refractivity contribution >= 4 is 27.5 Å². The number of carbonyl (C=O) groups excluding carboxylic acids is 2. The van der Waals surface area contributed by atoms with E-state index < -0.39 is 34.3 Å². The van der Waals surface area contributed by atoms with Gasteiger partial charge in [0.2, 0.25) is 11.8 Å². The first-order valence-corrected chi connectivity index (χ1v) is 15.3. The number of amides is 2. The summed E-state index contributed by atoms with van der Waals surface area (Å²) in [7, 11) is -4.16. The van der Waals surface area contributed by atoms with Gasteiger partial charge in [0.25, 0.3) is 10.0 Å². The first-order valence-electron chi connectivity index (χ1n) is 13.9. The van der Waals surface area contributed by atoms with Crippen molar-refractivity contribution in [3.8, 4) is 0 Å². The van der Waals surface area contributed by atoms with Gasteiger partial charge in [-0.05, 0) is 87.6 Å². The lowest BCUT2D eigenvalue weighted by Gasteiger charge is -2.34. The van der Waals surface area contributed by atoms with Gasteiger partial charge in [0.15, 0.2) is 0 Å². The van der Waals surface area contributed by atoms with Crippen molar-refractivity contribution < 1.29 is 22.4 Å². The third kappa shape index (κ3) is 7.94. The number of hydrogen-bond acceptors (Lipinski definition) is 4. The predicted molar refractivity (Wildman–Crippen MR) is 161 cm³/mol. The molecule has 220 valence electrons. The fourth-order valence-corrected chi connectivity index (χ4v) is 5.96. The Balaban J connectivity index is 2.10. The summed E-state index contributed by atoms with van der Waals surface area (Å²) in [4.78, 5) is 28.9. The van der Waals surface area contributed by atoms with Crippen molar-refractivity contribution in [2.45, 2.75) is 77.9 Å². The van der Waals surface area contributed by atoms with Crippen LogP contribution in [0, 0.1) is 26.6 Å². The molecule has 0 bridgehead atoms. The number of hydrogen-bond donors (Lipinski definition) is 1. The van der Waals surface area contributed by atoms with Gasteiger partial charge >= 0.3 is 0 Å². The van der Waals surface area contributed by atoms with Crippen LogP contribution in [0.4, 0.5) is 10.1 Å². The van der Waals surface area contributed by atoms with E-state index >= 15 is 0 Å². The van der Waals surface area contributed by atoms with E-state index in [1.54, 1.807) is 44.2 Å². The number of sulfonamides is 1. The molecule has 0 saturated carbocycles. The molecule has 0 spiro atoms. The Labute approximate surface area is 243 Å². The number of nitrogens with one attached hydrogen (secondary N) is 1. The van der Waals surface area contributed by atoms with Crippen molar-refractivity contribution in [2.24, 2.45) is 0 Å². The number of anilines is 1. The maximum atomic E-state index is 14.2. The van der Waals surface area contributed by atoms with Crippen molar-refractivity contribution in [3.05, 3.63) is 94.8 Å². The minimum atomic E-state index is -4.16. The molecule has 0 fully saturated rings. The van der Waals surface area contributed by atoms with Gasteiger partial charge in [-0.3, -0.25) is 13.9 Å². The predicted octanol–water partition coefficient (Wildman–Crippen LogP) is 5.67. The van der Waals surface area contributed by atoms with E-state index in [0.29, 0.717) is 29.7 Å². The van der Waals surface area contributed by atoms with Gasteiger partial charge in [-0.15, -0.1) is 0 Å². The molecule has 3 aromatic rings. The summed E-state index contributed by atoms with van der Waals surface area (Å²) in [6, 6.07) is 16.7. The van der Waals surface area contributed by atoms with E-state index in [0.717, 1.165) is 15.4 Å². The topological polar surface area (TPSA) is 86.8 Å². The van der Waals surface area contributed by atoms with E-state index in [9.17, 15) is 22.4 Å². The van der Waals surface area contributed by atoms with Crippen LogP contribution in [0.2, 0.25) is 0 Å². The fourth-order valence-electron chi connectivity index (χ4n) is 4.49. The molecule has 3 aromatic carbocycles. The van der Waals surface area contributed by atoms with Crippen molar-refractivity contribution in [1.82, 2.24) is 10.2 Å². The largest absolute Gasteiger partial charge is 0.352 e. The molecule has 0 radical (unpaired) electrons. The zero-order valence-electron chi connectivity index (χ0n) is 24.6. The maximum Gasteiger partial charge on any atom is 0.264 e. The van der Waals surface area contributed by atoms with Crippen LogP contribution in [-0.4, -0.2) is 43.8 Å². The van der Waals surface area contributed by atoms with Crippen molar-refractivity contribution in [1.29, 1.82) is 0 Å². The molecule has 9 heteroatoms. The molecule has 3 rings (SSSR count). The highest BCUT2D eigenvalue weighted by Crippen LogP contribution is 2.29. The number of carbonyl (C=O) groups is 2. The van der Waals surface area contributed by atoms with Crippen LogP contribution in [0.1, 0.15) is 55.9 Å². The van der Waals surface area contributed by atoms with E-state index in [1.165, 1.54) is 29.2 Å². The molecule has 1 N–H and O–H groups in total. The Morgan fingerprint density at radius 2 is 1.49 bits per heavy atom. The van der Waals surface area contributed by atoms with Crippen LogP contribution in [0.15, 0.2) is 71.6 Å². The molecule has 0 aliphatic carbocycles. The summed E-state index contributed by atoms with van der Waals surface area (Å²) >= 11 is 0. The summed E-state index contributed by atoms with van der Waals surface area (Å²) in [5, 5.41) is 2.95. The Morgan fingerprint density at radius 1 is 0.878 bits per heavy atom. The second kappa shape index (κ2) is 13.8. The molecule has 2 amide bonds. The van der Waals surface area contributed by atoms with Gasteiger partial charge in [-0.2, -0.15) is 0 Å². The van der Waals surface area contributed by atoms with E-state index in [-0.39, 0.29) is 23.4 Å². The van der Waals surface area contributed by atoms with E-state index in [2.05, 4.69) is 5.32 Å². The summed E-state index contributed by atoms with van der Waals surface area (Å²) in [5.41, 5.74) is 3.43. The summed E-state index contributed by atoms with van der Waals surface area (Å²) in [6.45, 7) is 10.6. The van der Waals surface area contributed by atoms with Crippen LogP contribution in [0.3, 0.4) is 0 Å². The standard InChI is InChI=1S/C32H40FN3O4S/c1-7-25(6)34-32(38)29(8-2)35(20-26-13-15-27(33)16-14-26)31(37)21-36(30-19-23(4)9-12-24(30)5)41(39,40)28-17-10-22(3)11-18-28/h9-19,25,29H,7-8,20-21H2,1-6H3,(H,34,38)/t25-,29+/m1/s1. The number of halogens is 1. The molecule has 0 aliphatic heterocycles. The summed E-state index contributed by atoms with van der Waals surface area (Å²) in [6.07, 6.45) is 1.02. The monoisotopic (exact) mass is 581 g/mol. The Hall–Kier alpha value is -3.72. The van der Waals surface area contributed by atoms with E-state index in [4.69, 9.17) is 0 Å². The smallest absolute Gasteiger partial charge is 0.264 e. The van der Waals surface area contributed by atoms with Crippen LogP contribution in [0.5, 0.6) is 0 Å². The van der Waals surface area contributed by atoms with Crippen LogP contribution in [0.25, 0.3) is 0 Å². The third-order valence-electron chi connectivity index (χ3n) is 7.17. The van der Waals surface area contributed by atoms with Crippen molar-refractivity contribution in [2.75, 3.05) is 10.8 Å². The van der Waals surface area contributed by atoms with Crippen LogP contribution in [-0.2, 0) is 26.2 Å². The molecule has 0 aliphatic rings. The van der Waals surface area contributed by atoms with Gasteiger partial charge in [0.1, 0.15) is 18.4 Å². The second-order valence-corrected chi connectivity index (χ2v) is 12.4. The highest BCUT2D eigenvalue weighted by atomic mass is 32.2. The molecule has 7 nitrogen and oxygen atoms in total. The highest BCUT2D eigenvalue weighted by Gasteiger charge is 2.34. The van der Waals surface area contributed by atoms with Crippen LogP contribution >= 0.6 is 0 Å². The minimum absolute atomic E-state index is 0.0107. The SMILES string of the molecule is CC[C@@H](C)NC(=O)[C@H](CC)N(Cc1ccc(F)cc1)C(=O)CN(c1cc(C)ccc1C)S(=O)(=O)c1ccc(C)cc1. The summed E-state index contributed by atoms with van der Waals surface area (Å²) < 4.78 is 42.9. The average molecular weight is 582 g/mol. The average Bonchev–Trinajstić information content (AvgIpc) is 2.94. The quantitative estimate of drug-likeness (QED) is 0.299. The van der Waals surface area contributed by atoms with E-state index in [1.807, 2.05) is 39.8 Å². The van der Waals surface area contributed by atoms with Gasteiger partial charge in [-0.25, -0.2) is 12.8 Å². The maximum absolute atomic E-state index is 14.2. The lowest BCUT2D eigenvalue weighted by atomic mass is 10.1. The first kappa shape index (κ1) is 31.8. The molecule has 0 heterocycles. The minimum Gasteiger partial charge on any atom is -0.352 e. The Bertz CT molecular complexity index is 1460. The summed E-state index contributed by atoms with van der Waals surface area (Å²) in [5.74, 6) is -1.28. The normalized spacial score (nSPS) is 12.9. The first-order chi connectivity index (χ1) is 19.4. The van der Waals surface area contributed by atoms with Gasteiger partial charge < -0.3 is 10.2 Å². The van der Waals surface area contributed by atoms with Gasteiger partial charge in [-0.1, -0.05) is 55.8 Å². The second-order valence-electron chi connectivity index (χ2n) is 10.5. The molecule has 41 heavy (non-hydrogen) atoms. The zero-order chi connectivity index (χ0) is 30.3. The molecule has 0 unspecified atom stereocenters. The highest BCUT2D eigenvalue weighted by molar-refractivity contribution is 7.92. The van der Waals surface area contributed by atoms with Gasteiger partial charge in [0, 0.05) is 12.6 Å². The molecule has 2 atom stereocenters. The van der Waals surface area contributed by atoms with Gasteiger partial charge in [0.05, 0.1) is 10.6 Å². The van der Waals surface area contributed by atoms with Crippen molar-refractivity contribution in [3.63, 3.8) is 0 Å². The molecule has 0 aromatic heterocycles. The number of rotatable bonds is 12. The Morgan fingerprint density at radius 3 is 2.07 bits per heavy atom. The number of nitrogens with zero attached hydrogens (tertiary/aromatic N) is 2. The number of aryl methyl sites for hydroxylation is 3. The molecular formula is C32H40FN3O4S. The lowest BCUT2D eigenvalue weighted by molar-refractivity contribution is -0.140. The lowest BCUT2D eigenvalue weighted by Crippen LogP contribution is -2.53. The molecule has 0 saturated heterocycles. The third-order valence-corrected chi connectivity index (χ3v) is 8.95. The number of benzene rings is 3. The fraction of sp³-hybridized carbons (Fsp3) is 0.375.